The second-order valence-electron chi connectivity index (χ2n) is 6.23. The quantitative estimate of drug-likeness (QED) is 0.629. The highest BCUT2D eigenvalue weighted by atomic mass is 15.4. The summed E-state index contributed by atoms with van der Waals surface area (Å²) in [6.07, 6.45) is 4.38. The molecule has 0 aliphatic rings. The Morgan fingerprint density at radius 1 is 0.833 bits per heavy atom. The Hall–Kier alpha value is -2.42. The third-order valence-corrected chi connectivity index (χ3v) is 4.40. The van der Waals surface area contributed by atoms with Crippen molar-refractivity contribution in [3.63, 3.8) is 0 Å². The standard InChI is InChI=1S/C21H25N3/c1-4-10-18-14-9-15-19(11-5-2)21(18)24-16(3)20(22-23-24)17-12-7-6-8-13-17/h6-9,12-15H,4-5,10-11H2,1-3H3. The summed E-state index contributed by atoms with van der Waals surface area (Å²) in [6, 6.07) is 16.9. The van der Waals surface area contributed by atoms with Crippen molar-refractivity contribution in [3.8, 4) is 16.9 Å². The van der Waals surface area contributed by atoms with Gasteiger partial charge in [0.1, 0.15) is 5.69 Å². The van der Waals surface area contributed by atoms with E-state index in [9.17, 15) is 0 Å². The first-order chi connectivity index (χ1) is 11.8. The van der Waals surface area contributed by atoms with Gasteiger partial charge in [-0.2, -0.15) is 0 Å². The highest BCUT2D eigenvalue weighted by Crippen LogP contribution is 2.27. The molecule has 0 N–H and O–H groups in total. The Morgan fingerprint density at radius 3 is 2.04 bits per heavy atom. The molecule has 3 heteroatoms. The van der Waals surface area contributed by atoms with Gasteiger partial charge in [0.05, 0.1) is 11.4 Å². The zero-order valence-corrected chi connectivity index (χ0v) is 14.8. The van der Waals surface area contributed by atoms with E-state index in [-0.39, 0.29) is 0 Å². The van der Waals surface area contributed by atoms with E-state index in [1.807, 2.05) is 22.9 Å². The van der Waals surface area contributed by atoms with Crippen molar-refractivity contribution in [2.75, 3.05) is 0 Å². The van der Waals surface area contributed by atoms with Crippen molar-refractivity contribution in [2.45, 2.75) is 46.5 Å². The summed E-state index contributed by atoms with van der Waals surface area (Å²) >= 11 is 0. The maximum atomic E-state index is 4.51. The van der Waals surface area contributed by atoms with Crippen molar-refractivity contribution >= 4 is 0 Å². The number of para-hydroxylation sites is 1. The fourth-order valence-corrected chi connectivity index (χ4v) is 3.26. The second-order valence-corrected chi connectivity index (χ2v) is 6.23. The van der Waals surface area contributed by atoms with Gasteiger partial charge >= 0.3 is 0 Å². The lowest BCUT2D eigenvalue weighted by molar-refractivity contribution is 0.753. The monoisotopic (exact) mass is 319 g/mol. The summed E-state index contributed by atoms with van der Waals surface area (Å²) in [5.74, 6) is 0. The fourth-order valence-electron chi connectivity index (χ4n) is 3.26. The van der Waals surface area contributed by atoms with E-state index in [1.165, 1.54) is 16.8 Å². The number of aromatic nitrogens is 3. The van der Waals surface area contributed by atoms with Gasteiger partial charge in [0.15, 0.2) is 0 Å². The van der Waals surface area contributed by atoms with Crippen LogP contribution in [0.4, 0.5) is 0 Å². The molecule has 1 aromatic heterocycles. The molecule has 0 spiro atoms. The molecule has 0 unspecified atom stereocenters. The van der Waals surface area contributed by atoms with Gasteiger partial charge in [0.25, 0.3) is 0 Å². The van der Waals surface area contributed by atoms with Gasteiger partial charge in [0.2, 0.25) is 0 Å². The molecule has 0 atom stereocenters. The van der Waals surface area contributed by atoms with E-state index >= 15 is 0 Å². The smallest absolute Gasteiger partial charge is 0.116 e. The molecule has 2 aromatic carbocycles. The minimum Gasteiger partial charge on any atom is -0.217 e. The Balaban J connectivity index is 2.14. The molecule has 1 heterocycles. The van der Waals surface area contributed by atoms with Crippen LogP contribution in [-0.4, -0.2) is 15.0 Å². The lowest BCUT2D eigenvalue weighted by Crippen LogP contribution is -2.08. The van der Waals surface area contributed by atoms with E-state index in [1.54, 1.807) is 0 Å². The van der Waals surface area contributed by atoms with Crippen molar-refractivity contribution in [3.05, 3.63) is 65.4 Å². The maximum absolute atomic E-state index is 4.51. The molecule has 0 bridgehead atoms. The highest BCUT2D eigenvalue weighted by Gasteiger charge is 2.16. The molecule has 0 fully saturated rings. The summed E-state index contributed by atoms with van der Waals surface area (Å²) in [4.78, 5) is 0. The molecule has 24 heavy (non-hydrogen) atoms. The molecule has 0 aliphatic carbocycles. The van der Waals surface area contributed by atoms with Crippen LogP contribution >= 0.6 is 0 Å². The molecule has 3 aromatic rings. The first-order valence-corrected chi connectivity index (χ1v) is 8.85. The normalized spacial score (nSPS) is 11.0. The Kier molecular flexibility index (Phi) is 5.09. The molecule has 0 aliphatic heterocycles. The van der Waals surface area contributed by atoms with Crippen LogP contribution in [0.3, 0.4) is 0 Å². The summed E-state index contributed by atoms with van der Waals surface area (Å²) in [7, 11) is 0. The van der Waals surface area contributed by atoms with Gasteiger partial charge in [-0.05, 0) is 30.9 Å². The molecule has 0 radical (unpaired) electrons. The molecule has 0 saturated heterocycles. The summed E-state index contributed by atoms with van der Waals surface area (Å²) in [5.41, 5.74) is 7.12. The lowest BCUT2D eigenvalue weighted by Gasteiger charge is -2.15. The van der Waals surface area contributed by atoms with Crippen LogP contribution in [0.5, 0.6) is 0 Å². The average Bonchev–Trinajstić information content (AvgIpc) is 2.98. The number of hydrogen-bond acceptors (Lipinski definition) is 2. The van der Waals surface area contributed by atoms with Crippen LogP contribution in [0.25, 0.3) is 16.9 Å². The second kappa shape index (κ2) is 7.43. The van der Waals surface area contributed by atoms with Gasteiger partial charge in [-0.1, -0.05) is 80.4 Å². The minimum atomic E-state index is 0.962. The third-order valence-electron chi connectivity index (χ3n) is 4.40. The molecule has 0 saturated carbocycles. The third kappa shape index (κ3) is 3.12. The largest absolute Gasteiger partial charge is 0.217 e. The number of rotatable bonds is 6. The topological polar surface area (TPSA) is 30.7 Å². The van der Waals surface area contributed by atoms with Crippen molar-refractivity contribution < 1.29 is 0 Å². The van der Waals surface area contributed by atoms with Gasteiger partial charge in [-0.15, -0.1) is 5.10 Å². The Morgan fingerprint density at radius 2 is 1.46 bits per heavy atom. The van der Waals surface area contributed by atoms with Crippen LogP contribution in [0, 0.1) is 6.92 Å². The summed E-state index contributed by atoms with van der Waals surface area (Å²) in [6.45, 7) is 6.56. The molecular formula is C21H25N3. The maximum Gasteiger partial charge on any atom is 0.116 e. The Bertz CT molecular complexity index is 779. The minimum absolute atomic E-state index is 0.962. The highest BCUT2D eigenvalue weighted by molar-refractivity contribution is 5.62. The van der Waals surface area contributed by atoms with Crippen LogP contribution in [0.15, 0.2) is 48.5 Å². The van der Waals surface area contributed by atoms with Crippen LogP contribution < -0.4 is 0 Å². The molecule has 3 rings (SSSR count). The van der Waals surface area contributed by atoms with Gasteiger partial charge < -0.3 is 0 Å². The summed E-state index contributed by atoms with van der Waals surface area (Å²) < 4.78 is 2.04. The first-order valence-electron chi connectivity index (χ1n) is 8.85. The van der Waals surface area contributed by atoms with Crippen LogP contribution in [0.2, 0.25) is 0 Å². The van der Waals surface area contributed by atoms with Gasteiger partial charge in [-0.3, -0.25) is 0 Å². The van der Waals surface area contributed by atoms with Crippen molar-refractivity contribution in [1.82, 2.24) is 15.0 Å². The average molecular weight is 319 g/mol. The van der Waals surface area contributed by atoms with Crippen LogP contribution in [-0.2, 0) is 12.8 Å². The SMILES string of the molecule is CCCc1cccc(CCC)c1-n1nnc(-c2ccccc2)c1C. The zero-order valence-electron chi connectivity index (χ0n) is 14.8. The van der Waals surface area contributed by atoms with Crippen molar-refractivity contribution in [2.24, 2.45) is 0 Å². The molecule has 0 amide bonds. The van der Waals surface area contributed by atoms with E-state index < -0.39 is 0 Å². The van der Waals surface area contributed by atoms with E-state index in [2.05, 4.69) is 61.4 Å². The number of aryl methyl sites for hydroxylation is 2. The van der Waals surface area contributed by atoms with Gasteiger partial charge in [0, 0.05) is 5.56 Å². The van der Waals surface area contributed by atoms with Crippen molar-refractivity contribution in [1.29, 1.82) is 0 Å². The number of benzene rings is 2. The molecule has 3 nitrogen and oxygen atoms in total. The fraction of sp³-hybridized carbons (Fsp3) is 0.333. The number of nitrogens with zero attached hydrogens (tertiary/aromatic N) is 3. The van der Waals surface area contributed by atoms with Crippen LogP contribution in [0.1, 0.15) is 43.5 Å². The Labute approximate surface area is 144 Å². The predicted molar refractivity (Wildman–Crippen MR) is 99.5 cm³/mol. The molecule has 124 valence electrons. The zero-order chi connectivity index (χ0) is 16.9. The number of hydrogen-bond donors (Lipinski definition) is 0. The van der Waals surface area contributed by atoms with Gasteiger partial charge in [-0.25, -0.2) is 4.68 Å². The molecular weight excluding hydrogens is 294 g/mol. The van der Waals surface area contributed by atoms with E-state index in [0.29, 0.717) is 0 Å². The van der Waals surface area contributed by atoms with E-state index in [4.69, 9.17) is 0 Å². The predicted octanol–water partition coefficient (Wildman–Crippen LogP) is 5.15. The summed E-state index contributed by atoms with van der Waals surface area (Å²) in [5, 5.41) is 8.99. The van der Waals surface area contributed by atoms with E-state index in [0.717, 1.165) is 42.6 Å². The first kappa shape index (κ1) is 16.4. The lowest BCUT2D eigenvalue weighted by atomic mass is 10.00.